The fourth-order valence-electron chi connectivity index (χ4n) is 2.00. The van der Waals surface area contributed by atoms with Crippen LogP contribution in [0, 0.1) is 0 Å². The molecule has 0 saturated heterocycles. The van der Waals surface area contributed by atoms with E-state index < -0.39 is 0 Å². The lowest BCUT2D eigenvalue weighted by atomic mass is 10.2. The van der Waals surface area contributed by atoms with Gasteiger partial charge in [-0.1, -0.05) is 12.1 Å². The van der Waals surface area contributed by atoms with Crippen LogP contribution in [0.5, 0.6) is 11.6 Å². The number of nitrogens with one attached hydrogen (secondary N) is 1. The number of aromatic nitrogens is 2. The maximum Gasteiger partial charge on any atom is 0.232 e. The molecule has 1 saturated carbocycles. The van der Waals surface area contributed by atoms with Gasteiger partial charge in [-0.2, -0.15) is 0 Å². The highest BCUT2D eigenvalue weighted by atomic mass is 16.5. The SMILES string of the molecule is COc1cccc(COc2cncc(CNC3CC3)n2)c1. The second kappa shape index (κ2) is 6.54. The lowest BCUT2D eigenvalue weighted by molar-refractivity contribution is 0.290. The van der Waals surface area contributed by atoms with Gasteiger partial charge in [0, 0.05) is 18.8 Å². The molecule has 1 heterocycles. The van der Waals surface area contributed by atoms with Gasteiger partial charge >= 0.3 is 0 Å². The van der Waals surface area contributed by atoms with Crippen LogP contribution in [0.1, 0.15) is 24.1 Å². The third-order valence-corrected chi connectivity index (χ3v) is 3.33. The fourth-order valence-corrected chi connectivity index (χ4v) is 2.00. The first-order valence-corrected chi connectivity index (χ1v) is 7.13. The molecule has 110 valence electrons. The minimum atomic E-state index is 0.450. The zero-order chi connectivity index (χ0) is 14.5. The standard InChI is InChI=1S/C16H19N3O2/c1-20-15-4-2-3-12(7-15)11-21-16-10-17-8-14(19-16)9-18-13-5-6-13/h2-4,7-8,10,13,18H,5-6,9,11H2,1H3. The molecule has 1 N–H and O–H groups in total. The molecule has 0 radical (unpaired) electrons. The van der Waals surface area contributed by atoms with E-state index in [2.05, 4.69) is 15.3 Å². The molecular formula is C16H19N3O2. The summed E-state index contributed by atoms with van der Waals surface area (Å²) in [6, 6.07) is 8.46. The van der Waals surface area contributed by atoms with E-state index in [0.717, 1.165) is 23.6 Å². The molecule has 3 rings (SSSR count). The predicted molar refractivity (Wildman–Crippen MR) is 79.2 cm³/mol. The maximum absolute atomic E-state index is 5.70. The molecule has 21 heavy (non-hydrogen) atoms. The van der Waals surface area contributed by atoms with Crippen LogP contribution in [-0.2, 0) is 13.2 Å². The van der Waals surface area contributed by atoms with Crippen molar-refractivity contribution < 1.29 is 9.47 Å². The van der Waals surface area contributed by atoms with Crippen molar-refractivity contribution in [2.75, 3.05) is 7.11 Å². The maximum atomic E-state index is 5.70. The van der Waals surface area contributed by atoms with E-state index in [1.54, 1.807) is 19.5 Å². The highest BCUT2D eigenvalue weighted by Crippen LogP contribution is 2.19. The molecule has 1 aromatic carbocycles. The van der Waals surface area contributed by atoms with Crippen LogP contribution in [0.3, 0.4) is 0 Å². The van der Waals surface area contributed by atoms with Crippen molar-refractivity contribution in [3.8, 4) is 11.6 Å². The normalized spacial score (nSPS) is 14.0. The molecule has 5 heteroatoms. The molecule has 1 aliphatic carbocycles. The summed E-state index contributed by atoms with van der Waals surface area (Å²) in [7, 11) is 1.65. The molecule has 5 nitrogen and oxygen atoms in total. The quantitative estimate of drug-likeness (QED) is 0.846. The van der Waals surface area contributed by atoms with Crippen molar-refractivity contribution in [3.63, 3.8) is 0 Å². The van der Waals surface area contributed by atoms with Gasteiger partial charge in [-0.3, -0.25) is 4.98 Å². The number of ether oxygens (including phenoxy) is 2. The van der Waals surface area contributed by atoms with Crippen molar-refractivity contribution >= 4 is 0 Å². The number of hydrogen-bond donors (Lipinski definition) is 1. The topological polar surface area (TPSA) is 56.3 Å². The third-order valence-electron chi connectivity index (χ3n) is 3.33. The summed E-state index contributed by atoms with van der Waals surface area (Å²) in [5.41, 5.74) is 1.95. The van der Waals surface area contributed by atoms with E-state index in [9.17, 15) is 0 Å². The molecule has 1 aromatic heterocycles. The van der Waals surface area contributed by atoms with Gasteiger partial charge in [-0.15, -0.1) is 0 Å². The van der Waals surface area contributed by atoms with E-state index in [-0.39, 0.29) is 0 Å². The van der Waals surface area contributed by atoms with E-state index >= 15 is 0 Å². The summed E-state index contributed by atoms with van der Waals surface area (Å²) in [4.78, 5) is 8.63. The van der Waals surface area contributed by atoms with Gasteiger partial charge in [0.05, 0.1) is 19.0 Å². The predicted octanol–water partition coefficient (Wildman–Crippen LogP) is 2.32. The summed E-state index contributed by atoms with van der Waals surface area (Å²) in [5.74, 6) is 1.37. The largest absolute Gasteiger partial charge is 0.497 e. The first-order chi connectivity index (χ1) is 10.3. The molecule has 0 unspecified atom stereocenters. The molecule has 1 fully saturated rings. The van der Waals surface area contributed by atoms with Crippen molar-refractivity contribution in [2.24, 2.45) is 0 Å². The fraction of sp³-hybridized carbons (Fsp3) is 0.375. The first kappa shape index (κ1) is 13.8. The first-order valence-electron chi connectivity index (χ1n) is 7.13. The monoisotopic (exact) mass is 285 g/mol. The second-order valence-corrected chi connectivity index (χ2v) is 5.14. The summed E-state index contributed by atoms with van der Waals surface area (Å²) < 4.78 is 10.9. The highest BCUT2D eigenvalue weighted by Gasteiger charge is 2.20. The van der Waals surface area contributed by atoms with Gasteiger partial charge in [-0.25, -0.2) is 4.98 Å². The summed E-state index contributed by atoms with van der Waals surface area (Å²) >= 11 is 0. The Morgan fingerprint density at radius 1 is 1.29 bits per heavy atom. The van der Waals surface area contributed by atoms with Crippen molar-refractivity contribution in [1.29, 1.82) is 0 Å². The second-order valence-electron chi connectivity index (χ2n) is 5.14. The Bertz CT molecular complexity index is 600. The lowest BCUT2D eigenvalue weighted by Crippen LogP contribution is -2.16. The van der Waals surface area contributed by atoms with Crippen LogP contribution in [-0.4, -0.2) is 23.1 Å². The Labute approximate surface area is 124 Å². The molecule has 0 bridgehead atoms. The Hall–Kier alpha value is -2.14. The van der Waals surface area contributed by atoms with Crippen molar-refractivity contribution in [2.45, 2.75) is 32.0 Å². The Morgan fingerprint density at radius 3 is 3.00 bits per heavy atom. The Balaban J connectivity index is 1.57. The minimum Gasteiger partial charge on any atom is -0.497 e. The number of methoxy groups -OCH3 is 1. The molecule has 1 aliphatic rings. The number of hydrogen-bond acceptors (Lipinski definition) is 5. The van der Waals surface area contributed by atoms with Crippen LogP contribution >= 0.6 is 0 Å². The van der Waals surface area contributed by atoms with Gasteiger partial charge in [0.2, 0.25) is 5.88 Å². The minimum absolute atomic E-state index is 0.450. The summed E-state index contributed by atoms with van der Waals surface area (Å²) in [5, 5.41) is 3.41. The van der Waals surface area contributed by atoms with Gasteiger partial charge in [-0.05, 0) is 30.5 Å². The zero-order valence-electron chi connectivity index (χ0n) is 12.1. The lowest BCUT2D eigenvalue weighted by Gasteiger charge is -2.08. The average Bonchev–Trinajstić information content (AvgIpc) is 3.36. The van der Waals surface area contributed by atoms with Crippen LogP contribution in [0.15, 0.2) is 36.7 Å². The zero-order valence-corrected chi connectivity index (χ0v) is 12.1. The highest BCUT2D eigenvalue weighted by molar-refractivity contribution is 5.28. The molecule has 0 atom stereocenters. The van der Waals surface area contributed by atoms with E-state index in [4.69, 9.17) is 9.47 Å². The van der Waals surface area contributed by atoms with Crippen LogP contribution in [0.2, 0.25) is 0 Å². The number of benzene rings is 1. The van der Waals surface area contributed by atoms with Crippen molar-refractivity contribution in [1.82, 2.24) is 15.3 Å². The molecule has 0 spiro atoms. The number of nitrogens with zero attached hydrogens (tertiary/aromatic N) is 2. The van der Waals surface area contributed by atoms with E-state index in [0.29, 0.717) is 18.5 Å². The molecular weight excluding hydrogens is 266 g/mol. The van der Waals surface area contributed by atoms with E-state index in [1.165, 1.54) is 12.8 Å². The third kappa shape index (κ3) is 4.16. The summed E-state index contributed by atoms with van der Waals surface area (Å²) in [6.45, 7) is 1.19. The average molecular weight is 285 g/mol. The van der Waals surface area contributed by atoms with Gasteiger partial charge < -0.3 is 14.8 Å². The molecule has 0 aliphatic heterocycles. The van der Waals surface area contributed by atoms with Crippen LogP contribution < -0.4 is 14.8 Å². The van der Waals surface area contributed by atoms with Crippen LogP contribution in [0.4, 0.5) is 0 Å². The van der Waals surface area contributed by atoms with Gasteiger partial charge in [0.1, 0.15) is 12.4 Å². The Morgan fingerprint density at radius 2 is 2.19 bits per heavy atom. The summed E-state index contributed by atoms with van der Waals surface area (Å²) in [6.07, 6.45) is 5.94. The molecule has 0 amide bonds. The smallest absolute Gasteiger partial charge is 0.232 e. The van der Waals surface area contributed by atoms with Gasteiger partial charge in [0.25, 0.3) is 0 Å². The van der Waals surface area contributed by atoms with E-state index in [1.807, 2.05) is 24.3 Å². The Kier molecular flexibility index (Phi) is 4.31. The number of rotatable bonds is 7. The van der Waals surface area contributed by atoms with Crippen molar-refractivity contribution in [3.05, 3.63) is 47.9 Å². The molecule has 2 aromatic rings. The van der Waals surface area contributed by atoms with Crippen LogP contribution in [0.25, 0.3) is 0 Å². The van der Waals surface area contributed by atoms with Gasteiger partial charge in [0.15, 0.2) is 0 Å².